The Bertz CT molecular complexity index is 862. The molecule has 0 radical (unpaired) electrons. The summed E-state index contributed by atoms with van der Waals surface area (Å²) < 4.78 is 0. The van der Waals surface area contributed by atoms with Crippen molar-refractivity contribution >= 4 is 41.8 Å². The van der Waals surface area contributed by atoms with Crippen LogP contribution in [0.3, 0.4) is 0 Å². The monoisotopic (exact) mass is 492 g/mol. The third kappa shape index (κ3) is 4.52. The highest BCUT2D eigenvalue weighted by Crippen LogP contribution is 2.21. The number of aliphatic imine (C=N–C) groups is 1. The van der Waals surface area contributed by atoms with E-state index < -0.39 is 0 Å². The molecule has 0 aliphatic carbocycles. The zero-order valence-corrected chi connectivity index (χ0v) is 18.6. The van der Waals surface area contributed by atoms with Gasteiger partial charge in [0.25, 0.3) is 11.8 Å². The molecule has 1 aliphatic rings. The number of imide groups is 1. The number of benzene rings is 2. The van der Waals surface area contributed by atoms with Gasteiger partial charge >= 0.3 is 0 Å². The minimum Gasteiger partial charge on any atom is -0.354 e. The zero-order valence-electron chi connectivity index (χ0n) is 16.3. The lowest BCUT2D eigenvalue weighted by Gasteiger charge is -2.24. The lowest BCUT2D eigenvalue weighted by Crippen LogP contribution is -2.43. The van der Waals surface area contributed by atoms with E-state index in [4.69, 9.17) is 0 Å². The maximum absolute atomic E-state index is 12.4. The van der Waals surface area contributed by atoms with Crippen LogP contribution in [0.4, 0.5) is 0 Å². The average Bonchev–Trinajstić information content (AvgIpc) is 2.92. The van der Waals surface area contributed by atoms with Gasteiger partial charge in [0.05, 0.1) is 11.1 Å². The molecule has 6 nitrogen and oxygen atoms in total. The van der Waals surface area contributed by atoms with Crippen LogP contribution < -0.4 is 5.32 Å². The topological polar surface area (TPSA) is 65.0 Å². The molecule has 0 saturated heterocycles. The van der Waals surface area contributed by atoms with Gasteiger partial charge in [-0.15, -0.1) is 24.0 Å². The van der Waals surface area contributed by atoms with Gasteiger partial charge in [-0.2, -0.15) is 0 Å². The minimum absolute atomic E-state index is 0. The van der Waals surface area contributed by atoms with Gasteiger partial charge in [-0.05, 0) is 30.2 Å². The first-order chi connectivity index (χ1) is 13.0. The summed E-state index contributed by atoms with van der Waals surface area (Å²) in [6.07, 6.45) is 0. The van der Waals surface area contributed by atoms with Crippen molar-refractivity contribution in [2.24, 2.45) is 4.99 Å². The molecule has 1 heterocycles. The molecule has 1 N–H and O–H groups in total. The van der Waals surface area contributed by atoms with Gasteiger partial charge in [0.15, 0.2) is 5.96 Å². The van der Waals surface area contributed by atoms with Crippen molar-refractivity contribution in [3.8, 4) is 0 Å². The average molecular weight is 492 g/mol. The third-order valence-electron chi connectivity index (χ3n) is 4.74. The maximum atomic E-state index is 12.4. The Balaban J connectivity index is 0.00000280. The predicted octanol–water partition coefficient (Wildman–Crippen LogP) is 2.92. The van der Waals surface area contributed by atoms with Gasteiger partial charge < -0.3 is 10.2 Å². The van der Waals surface area contributed by atoms with E-state index in [2.05, 4.69) is 29.4 Å². The standard InChI is InChI=1S/C21H24N4O2.HI/c1-15-8-4-5-9-16(15)14-24(3)21(22-2)23-12-13-25-19(26)17-10-6-7-11-18(17)20(25)27;/h4-11H,12-14H2,1-3H3,(H,22,23);1H. The van der Waals surface area contributed by atoms with Crippen LogP contribution in [-0.2, 0) is 6.54 Å². The van der Waals surface area contributed by atoms with Gasteiger partial charge in [-0.25, -0.2) is 0 Å². The van der Waals surface area contributed by atoms with Crippen molar-refractivity contribution in [3.63, 3.8) is 0 Å². The van der Waals surface area contributed by atoms with Crippen LogP contribution in [0.25, 0.3) is 0 Å². The van der Waals surface area contributed by atoms with E-state index in [0.717, 1.165) is 12.5 Å². The summed E-state index contributed by atoms with van der Waals surface area (Å²) in [6, 6.07) is 15.2. The smallest absolute Gasteiger partial charge is 0.261 e. The number of guanidine groups is 1. The summed E-state index contributed by atoms with van der Waals surface area (Å²) >= 11 is 0. The van der Waals surface area contributed by atoms with E-state index in [1.54, 1.807) is 31.3 Å². The molecule has 0 bridgehead atoms. The lowest BCUT2D eigenvalue weighted by molar-refractivity contribution is 0.0657. The van der Waals surface area contributed by atoms with Crippen molar-refractivity contribution in [2.75, 3.05) is 27.2 Å². The molecular weight excluding hydrogens is 467 g/mol. The number of nitrogens with one attached hydrogen (secondary N) is 1. The van der Waals surface area contributed by atoms with Crippen molar-refractivity contribution in [1.29, 1.82) is 0 Å². The van der Waals surface area contributed by atoms with E-state index >= 15 is 0 Å². The Hall–Kier alpha value is -2.42. The van der Waals surface area contributed by atoms with E-state index in [1.807, 2.05) is 24.1 Å². The fourth-order valence-electron chi connectivity index (χ4n) is 3.22. The van der Waals surface area contributed by atoms with Crippen molar-refractivity contribution in [2.45, 2.75) is 13.5 Å². The molecule has 28 heavy (non-hydrogen) atoms. The fourth-order valence-corrected chi connectivity index (χ4v) is 3.22. The highest BCUT2D eigenvalue weighted by molar-refractivity contribution is 14.0. The molecule has 2 amide bonds. The lowest BCUT2D eigenvalue weighted by atomic mass is 10.1. The largest absolute Gasteiger partial charge is 0.354 e. The van der Waals surface area contributed by atoms with Crippen molar-refractivity contribution in [1.82, 2.24) is 15.1 Å². The van der Waals surface area contributed by atoms with Crippen LogP contribution in [0, 0.1) is 6.92 Å². The Morgan fingerprint density at radius 2 is 1.61 bits per heavy atom. The second-order valence-electron chi connectivity index (χ2n) is 6.56. The van der Waals surface area contributed by atoms with Gasteiger partial charge in [-0.1, -0.05) is 36.4 Å². The minimum atomic E-state index is -0.236. The molecule has 1 aliphatic heterocycles. The fraction of sp³-hybridized carbons (Fsp3) is 0.286. The predicted molar refractivity (Wildman–Crippen MR) is 121 cm³/mol. The van der Waals surface area contributed by atoms with Crippen molar-refractivity contribution in [3.05, 3.63) is 70.8 Å². The quantitative estimate of drug-likeness (QED) is 0.302. The van der Waals surface area contributed by atoms with E-state index in [1.165, 1.54) is 16.0 Å². The van der Waals surface area contributed by atoms with Crippen molar-refractivity contribution < 1.29 is 9.59 Å². The number of hydrogen-bond acceptors (Lipinski definition) is 3. The first-order valence-electron chi connectivity index (χ1n) is 8.94. The molecule has 0 fully saturated rings. The number of rotatable bonds is 5. The van der Waals surface area contributed by atoms with E-state index in [0.29, 0.717) is 24.2 Å². The number of carbonyl (C=O) groups is 2. The Morgan fingerprint density at radius 1 is 1.04 bits per heavy atom. The molecule has 3 rings (SSSR count). The molecule has 0 aromatic heterocycles. The van der Waals surface area contributed by atoms with Crippen LogP contribution in [0.5, 0.6) is 0 Å². The molecule has 0 atom stereocenters. The van der Waals surface area contributed by atoms with Crippen LogP contribution in [0.2, 0.25) is 0 Å². The molecule has 0 unspecified atom stereocenters. The summed E-state index contributed by atoms with van der Waals surface area (Å²) in [7, 11) is 3.68. The highest BCUT2D eigenvalue weighted by atomic mass is 127. The molecule has 7 heteroatoms. The van der Waals surface area contributed by atoms with Crippen LogP contribution >= 0.6 is 24.0 Å². The Morgan fingerprint density at radius 3 is 2.18 bits per heavy atom. The first kappa shape index (κ1) is 21.9. The van der Waals surface area contributed by atoms with E-state index in [-0.39, 0.29) is 35.8 Å². The number of halogens is 1. The number of amides is 2. The van der Waals surface area contributed by atoms with Gasteiger partial charge in [0, 0.05) is 33.7 Å². The Labute approximate surface area is 182 Å². The maximum Gasteiger partial charge on any atom is 0.261 e. The number of aryl methyl sites for hydroxylation is 1. The second-order valence-corrected chi connectivity index (χ2v) is 6.56. The molecule has 2 aromatic carbocycles. The second kappa shape index (κ2) is 9.68. The zero-order chi connectivity index (χ0) is 19.4. The molecular formula is C21H25IN4O2. The summed E-state index contributed by atoms with van der Waals surface area (Å²) in [6.45, 7) is 3.54. The molecule has 0 spiro atoms. The Kier molecular flexibility index (Phi) is 7.56. The van der Waals surface area contributed by atoms with E-state index in [9.17, 15) is 9.59 Å². The number of nitrogens with zero attached hydrogens (tertiary/aromatic N) is 3. The highest BCUT2D eigenvalue weighted by Gasteiger charge is 2.34. The molecule has 0 saturated carbocycles. The number of hydrogen-bond donors (Lipinski definition) is 1. The molecule has 148 valence electrons. The summed E-state index contributed by atoms with van der Waals surface area (Å²) in [4.78, 5) is 32.4. The van der Waals surface area contributed by atoms with Gasteiger partial charge in [0.1, 0.15) is 0 Å². The first-order valence-corrected chi connectivity index (χ1v) is 8.94. The third-order valence-corrected chi connectivity index (χ3v) is 4.74. The summed E-state index contributed by atoms with van der Waals surface area (Å²) in [5.41, 5.74) is 3.40. The van der Waals surface area contributed by atoms with Crippen LogP contribution in [0.15, 0.2) is 53.5 Å². The molecule has 2 aromatic rings. The SMILES string of the molecule is CN=C(NCCN1C(=O)c2ccccc2C1=O)N(C)Cc1ccccc1C.I. The van der Waals surface area contributed by atoms with Gasteiger partial charge in [-0.3, -0.25) is 19.5 Å². The summed E-state index contributed by atoms with van der Waals surface area (Å²) in [5.74, 6) is 0.246. The summed E-state index contributed by atoms with van der Waals surface area (Å²) in [5, 5.41) is 3.23. The van der Waals surface area contributed by atoms with Crippen LogP contribution in [0.1, 0.15) is 31.8 Å². The normalized spacial score (nSPS) is 13.2. The number of fused-ring (bicyclic) bond motifs is 1. The van der Waals surface area contributed by atoms with Crippen LogP contribution in [-0.4, -0.2) is 54.8 Å². The number of carbonyl (C=O) groups excluding carboxylic acids is 2. The van der Waals surface area contributed by atoms with Gasteiger partial charge in [0.2, 0.25) is 0 Å².